The van der Waals surface area contributed by atoms with Gasteiger partial charge in [0.05, 0.1) is 11.0 Å². The van der Waals surface area contributed by atoms with Crippen molar-refractivity contribution in [3.05, 3.63) is 40.9 Å². The van der Waals surface area contributed by atoms with Crippen LogP contribution in [-0.2, 0) is 6.42 Å². The van der Waals surface area contributed by atoms with E-state index >= 15 is 0 Å². The first-order valence-electron chi connectivity index (χ1n) is 5.29. The Morgan fingerprint density at radius 3 is 2.69 bits per heavy atom. The van der Waals surface area contributed by atoms with Crippen LogP contribution in [0.25, 0.3) is 0 Å². The summed E-state index contributed by atoms with van der Waals surface area (Å²) in [6.07, 6.45) is 6.22. The van der Waals surface area contributed by atoms with Gasteiger partial charge in [-0.05, 0) is 12.6 Å². The van der Waals surface area contributed by atoms with Gasteiger partial charge in [-0.25, -0.2) is 15.0 Å². The van der Waals surface area contributed by atoms with Gasteiger partial charge < -0.3 is 5.32 Å². The minimum Gasteiger partial charge on any atom is -0.307 e. The third kappa shape index (κ3) is 2.84. The highest BCUT2D eigenvalue weighted by Crippen LogP contribution is 2.16. The molecule has 16 heavy (non-hydrogen) atoms. The quantitative estimate of drug-likeness (QED) is 0.857. The third-order valence-corrected chi connectivity index (χ3v) is 3.01. The molecule has 0 saturated heterocycles. The molecular weight excluding hydrogens is 220 g/mol. The second-order valence-corrected chi connectivity index (χ2v) is 4.33. The van der Waals surface area contributed by atoms with E-state index in [0.717, 1.165) is 23.8 Å². The monoisotopic (exact) mass is 234 g/mol. The lowest BCUT2D eigenvalue weighted by molar-refractivity contribution is 0.520. The average molecular weight is 234 g/mol. The van der Waals surface area contributed by atoms with Crippen LogP contribution in [0, 0.1) is 0 Å². The van der Waals surface area contributed by atoms with Crippen molar-refractivity contribution in [2.75, 3.05) is 6.54 Å². The van der Waals surface area contributed by atoms with Crippen LogP contribution in [0.4, 0.5) is 0 Å². The zero-order chi connectivity index (χ0) is 11.2. The average Bonchev–Trinajstić information content (AvgIpc) is 2.83. The summed E-state index contributed by atoms with van der Waals surface area (Å²) in [6, 6.07) is 1.98. The van der Waals surface area contributed by atoms with E-state index < -0.39 is 0 Å². The molecule has 1 N–H and O–H groups in total. The maximum absolute atomic E-state index is 4.29. The first kappa shape index (κ1) is 11.2. The van der Waals surface area contributed by atoms with Gasteiger partial charge in [0.15, 0.2) is 0 Å². The van der Waals surface area contributed by atoms with Crippen molar-refractivity contribution < 1.29 is 0 Å². The molecular formula is C11H14N4S. The number of nitrogens with one attached hydrogen (secondary N) is 1. The van der Waals surface area contributed by atoms with E-state index in [9.17, 15) is 0 Å². The summed E-state index contributed by atoms with van der Waals surface area (Å²) in [5.41, 5.74) is 0. The second-order valence-electron chi connectivity index (χ2n) is 3.35. The maximum Gasteiger partial charge on any atom is 0.145 e. The predicted molar refractivity (Wildman–Crippen MR) is 64.3 cm³/mol. The molecule has 0 aliphatic heterocycles. The maximum atomic E-state index is 4.29. The molecule has 0 aliphatic carbocycles. The van der Waals surface area contributed by atoms with Gasteiger partial charge in [0.25, 0.3) is 0 Å². The van der Waals surface area contributed by atoms with Crippen molar-refractivity contribution in [1.82, 2.24) is 20.3 Å². The van der Waals surface area contributed by atoms with E-state index in [-0.39, 0.29) is 6.04 Å². The highest BCUT2D eigenvalue weighted by atomic mass is 32.1. The van der Waals surface area contributed by atoms with Crippen molar-refractivity contribution in [1.29, 1.82) is 0 Å². The Hall–Kier alpha value is -1.33. The Morgan fingerprint density at radius 1 is 1.25 bits per heavy atom. The lowest BCUT2D eigenvalue weighted by Gasteiger charge is -2.14. The highest BCUT2D eigenvalue weighted by Gasteiger charge is 2.14. The number of thiazole rings is 1. The third-order valence-electron chi connectivity index (χ3n) is 2.21. The summed E-state index contributed by atoms with van der Waals surface area (Å²) < 4.78 is 0. The van der Waals surface area contributed by atoms with Crippen LogP contribution in [0.1, 0.15) is 23.8 Å². The Labute approximate surface area is 98.8 Å². The molecule has 0 saturated carbocycles. The van der Waals surface area contributed by atoms with Gasteiger partial charge in [-0.1, -0.05) is 6.92 Å². The lowest BCUT2D eigenvalue weighted by Crippen LogP contribution is -2.24. The molecule has 2 rings (SSSR count). The summed E-state index contributed by atoms with van der Waals surface area (Å²) in [4.78, 5) is 12.8. The van der Waals surface area contributed by atoms with Crippen molar-refractivity contribution in [2.24, 2.45) is 0 Å². The van der Waals surface area contributed by atoms with Crippen LogP contribution in [0.2, 0.25) is 0 Å². The molecule has 5 heteroatoms. The van der Waals surface area contributed by atoms with Crippen LogP contribution < -0.4 is 5.32 Å². The lowest BCUT2D eigenvalue weighted by atomic mass is 10.2. The van der Waals surface area contributed by atoms with E-state index in [1.54, 1.807) is 23.7 Å². The zero-order valence-electron chi connectivity index (χ0n) is 9.13. The number of nitrogens with zero attached hydrogens (tertiary/aromatic N) is 3. The number of hydrogen-bond donors (Lipinski definition) is 1. The van der Waals surface area contributed by atoms with Gasteiger partial charge in [-0.3, -0.25) is 0 Å². The number of aromatic nitrogens is 3. The SMILES string of the molecule is CCNC(Cc1nccs1)c1ncccn1. The van der Waals surface area contributed by atoms with Crippen molar-refractivity contribution in [3.8, 4) is 0 Å². The van der Waals surface area contributed by atoms with Gasteiger partial charge in [-0.2, -0.15) is 0 Å². The number of hydrogen-bond acceptors (Lipinski definition) is 5. The summed E-state index contributed by atoms with van der Waals surface area (Å²) in [5, 5.41) is 6.48. The molecule has 0 bridgehead atoms. The first-order valence-corrected chi connectivity index (χ1v) is 6.16. The Balaban J connectivity index is 2.11. The fraction of sp³-hybridized carbons (Fsp3) is 0.364. The van der Waals surface area contributed by atoms with E-state index in [1.165, 1.54) is 0 Å². The normalized spacial score (nSPS) is 12.6. The van der Waals surface area contributed by atoms with Crippen molar-refractivity contribution in [2.45, 2.75) is 19.4 Å². The molecule has 0 radical (unpaired) electrons. The second kappa shape index (κ2) is 5.67. The first-order chi connectivity index (χ1) is 7.90. The van der Waals surface area contributed by atoms with Crippen LogP contribution in [0.5, 0.6) is 0 Å². The summed E-state index contributed by atoms with van der Waals surface area (Å²) >= 11 is 1.67. The van der Waals surface area contributed by atoms with Crippen molar-refractivity contribution >= 4 is 11.3 Å². The van der Waals surface area contributed by atoms with E-state index in [4.69, 9.17) is 0 Å². The van der Waals surface area contributed by atoms with Gasteiger partial charge in [-0.15, -0.1) is 11.3 Å². The molecule has 2 aromatic rings. The highest BCUT2D eigenvalue weighted by molar-refractivity contribution is 7.09. The fourth-order valence-corrected chi connectivity index (χ4v) is 2.18. The minimum absolute atomic E-state index is 0.150. The van der Waals surface area contributed by atoms with Crippen LogP contribution in [0.15, 0.2) is 30.0 Å². The van der Waals surface area contributed by atoms with Gasteiger partial charge >= 0.3 is 0 Å². The predicted octanol–water partition coefficient (Wildman–Crippen LogP) is 1.83. The van der Waals surface area contributed by atoms with E-state index in [2.05, 4.69) is 27.2 Å². The number of likely N-dealkylation sites (N-methyl/N-ethyl adjacent to an activating group) is 1. The van der Waals surface area contributed by atoms with Gasteiger partial charge in [0.1, 0.15) is 5.82 Å². The molecule has 2 aromatic heterocycles. The van der Waals surface area contributed by atoms with Crippen molar-refractivity contribution in [3.63, 3.8) is 0 Å². The van der Waals surface area contributed by atoms with E-state index in [0.29, 0.717) is 0 Å². The Kier molecular flexibility index (Phi) is 3.96. The van der Waals surface area contributed by atoms with Gasteiger partial charge in [0.2, 0.25) is 0 Å². The molecule has 4 nitrogen and oxygen atoms in total. The van der Waals surface area contributed by atoms with E-state index in [1.807, 2.05) is 17.6 Å². The molecule has 0 aliphatic rings. The van der Waals surface area contributed by atoms with Gasteiger partial charge in [0, 0.05) is 30.4 Å². The Bertz CT molecular complexity index is 401. The molecule has 0 fully saturated rings. The molecule has 1 atom stereocenters. The van der Waals surface area contributed by atoms with Crippen LogP contribution >= 0.6 is 11.3 Å². The molecule has 0 aromatic carbocycles. The summed E-state index contributed by atoms with van der Waals surface area (Å²) in [7, 11) is 0. The topological polar surface area (TPSA) is 50.7 Å². The molecule has 1 unspecified atom stereocenters. The van der Waals surface area contributed by atoms with Crippen LogP contribution in [0.3, 0.4) is 0 Å². The molecule has 0 amide bonds. The standard InChI is InChI=1S/C11H14N4S/c1-2-12-9(8-10-13-6-7-16-10)11-14-4-3-5-15-11/h3-7,9,12H,2,8H2,1H3. The molecule has 84 valence electrons. The number of rotatable bonds is 5. The summed E-state index contributed by atoms with van der Waals surface area (Å²) in [5.74, 6) is 0.833. The zero-order valence-corrected chi connectivity index (χ0v) is 9.94. The summed E-state index contributed by atoms with van der Waals surface area (Å²) in [6.45, 7) is 2.98. The largest absolute Gasteiger partial charge is 0.307 e. The molecule has 2 heterocycles. The minimum atomic E-state index is 0.150. The fourth-order valence-electron chi connectivity index (χ4n) is 1.52. The smallest absolute Gasteiger partial charge is 0.145 e. The Morgan fingerprint density at radius 2 is 2.06 bits per heavy atom. The molecule has 0 spiro atoms. The van der Waals surface area contributed by atoms with Crippen LogP contribution in [-0.4, -0.2) is 21.5 Å².